The van der Waals surface area contributed by atoms with Gasteiger partial charge in [0.1, 0.15) is 11.4 Å². The van der Waals surface area contributed by atoms with Gasteiger partial charge in [-0.3, -0.25) is 9.48 Å². The molecule has 0 spiro atoms. The minimum Gasteiger partial charge on any atom is -0.383 e. The molecule has 0 atom stereocenters. The van der Waals surface area contributed by atoms with E-state index in [0.29, 0.717) is 11.4 Å². The Morgan fingerprint density at radius 3 is 2.32 bits per heavy atom. The Hall–Kier alpha value is -2.30. The van der Waals surface area contributed by atoms with Crippen molar-refractivity contribution in [3.63, 3.8) is 0 Å². The van der Waals surface area contributed by atoms with Crippen LogP contribution in [0.5, 0.6) is 0 Å². The molecule has 1 aromatic carbocycles. The van der Waals surface area contributed by atoms with Crippen molar-refractivity contribution in [2.75, 3.05) is 11.1 Å². The summed E-state index contributed by atoms with van der Waals surface area (Å²) in [6.07, 6.45) is 1.48. The van der Waals surface area contributed by atoms with Gasteiger partial charge >= 0.3 is 0 Å². The molecule has 2 aromatic rings. The molecule has 0 bridgehead atoms. The molecule has 0 aliphatic carbocycles. The fourth-order valence-electron chi connectivity index (χ4n) is 2.18. The summed E-state index contributed by atoms with van der Waals surface area (Å²) >= 11 is 0. The maximum atomic E-state index is 12.2. The first-order valence-corrected chi connectivity index (χ1v) is 6.07. The predicted molar refractivity (Wildman–Crippen MR) is 76.2 cm³/mol. The summed E-state index contributed by atoms with van der Waals surface area (Å²) in [7, 11) is 1.70. The average Bonchev–Trinajstić information content (AvgIpc) is 2.64. The molecule has 100 valence electrons. The number of anilines is 2. The Bertz CT molecular complexity index is 620. The van der Waals surface area contributed by atoms with Crippen molar-refractivity contribution in [1.82, 2.24) is 9.78 Å². The van der Waals surface area contributed by atoms with Gasteiger partial charge in [0.15, 0.2) is 0 Å². The fraction of sp³-hybridized carbons (Fsp3) is 0.286. The summed E-state index contributed by atoms with van der Waals surface area (Å²) in [5, 5.41) is 6.87. The van der Waals surface area contributed by atoms with E-state index in [0.717, 1.165) is 16.8 Å². The van der Waals surface area contributed by atoms with E-state index in [1.54, 1.807) is 7.05 Å². The first-order valence-electron chi connectivity index (χ1n) is 6.07. The highest BCUT2D eigenvalue weighted by atomic mass is 16.1. The highest BCUT2D eigenvalue weighted by molar-refractivity contribution is 6.07. The second-order valence-electron chi connectivity index (χ2n) is 4.79. The van der Waals surface area contributed by atoms with Gasteiger partial charge < -0.3 is 11.1 Å². The van der Waals surface area contributed by atoms with Crippen LogP contribution in [0, 0.1) is 20.8 Å². The second-order valence-corrected chi connectivity index (χ2v) is 4.79. The molecule has 0 fully saturated rings. The minimum atomic E-state index is -0.236. The molecule has 2 rings (SSSR count). The van der Waals surface area contributed by atoms with E-state index in [2.05, 4.69) is 10.4 Å². The lowest BCUT2D eigenvalue weighted by molar-refractivity contribution is 0.102. The van der Waals surface area contributed by atoms with Crippen LogP contribution in [-0.2, 0) is 7.05 Å². The van der Waals surface area contributed by atoms with E-state index in [1.165, 1.54) is 16.4 Å². The summed E-state index contributed by atoms with van der Waals surface area (Å²) in [5.74, 6) is 0.126. The van der Waals surface area contributed by atoms with Crippen molar-refractivity contribution < 1.29 is 4.79 Å². The number of hydrogen-bond acceptors (Lipinski definition) is 3. The van der Waals surface area contributed by atoms with Gasteiger partial charge in [0, 0.05) is 12.7 Å². The van der Waals surface area contributed by atoms with Gasteiger partial charge in [0.05, 0.1) is 6.20 Å². The van der Waals surface area contributed by atoms with Crippen LogP contribution in [0.3, 0.4) is 0 Å². The number of carbonyl (C=O) groups excluding carboxylic acids is 1. The Kier molecular flexibility index (Phi) is 3.29. The van der Waals surface area contributed by atoms with Gasteiger partial charge in [-0.15, -0.1) is 0 Å². The number of nitrogens with zero attached hydrogens (tertiary/aromatic N) is 2. The molecule has 0 saturated carbocycles. The Morgan fingerprint density at radius 2 is 1.84 bits per heavy atom. The van der Waals surface area contributed by atoms with E-state index < -0.39 is 0 Å². The predicted octanol–water partition coefficient (Wildman–Crippen LogP) is 2.18. The van der Waals surface area contributed by atoms with Crippen molar-refractivity contribution in [2.45, 2.75) is 20.8 Å². The van der Waals surface area contributed by atoms with Crippen molar-refractivity contribution in [3.8, 4) is 0 Å². The van der Waals surface area contributed by atoms with Gasteiger partial charge in [-0.05, 0) is 31.9 Å². The van der Waals surface area contributed by atoms with E-state index in [4.69, 9.17) is 5.73 Å². The number of carbonyl (C=O) groups is 1. The van der Waals surface area contributed by atoms with E-state index in [9.17, 15) is 4.79 Å². The molecule has 0 aliphatic heterocycles. The molecule has 5 heteroatoms. The van der Waals surface area contributed by atoms with Gasteiger partial charge in [-0.25, -0.2) is 0 Å². The highest BCUT2D eigenvalue weighted by Crippen LogP contribution is 2.23. The largest absolute Gasteiger partial charge is 0.383 e. The molecule has 0 unspecified atom stereocenters. The molecular formula is C14H18N4O. The molecule has 5 nitrogen and oxygen atoms in total. The third-order valence-corrected chi connectivity index (χ3v) is 3.14. The van der Waals surface area contributed by atoms with Gasteiger partial charge in [-0.2, -0.15) is 5.10 Å². The third kappa shape index (κ3) is 2.45. The zero-order valence-corrected chi connectivity index (χ0v) is 11.6. The Morgan fingerprint density at radius 1 is 1.26 bits per heavy atom. The number of benzene rings is 1. The number of amides is 1. The van der Waals surface area contributed by atoms with Gasteiger partial charge in [-0.1, -0.05) is 17.7 Å². The van der Waals surface area contributed by atoms with E-state index in [1.807, 2.05) is 32.9 Å². The minimum absolute atomic E-state index is 0.236. The molecule has 19 heavy (non-hydrogen) atoms. The SMILES string of the molecule is Cc1cc(C)c(NC(=O)c2cnn(C)c2N)c(C)c1. The number of aryl methyl sites for hydroxylation is 4. The summed E-state index contributed by atoms with van der Waals surface area (Å²) < 4.78 is 1.48. The van der Waals surface area contributed by atoms with Crippen LogP contribution in [0.2, 0.25) is 0 Å². The van der Waals surface area contributed by atoms with Crippen molar-refractivity contribution >= 4 is 17.4 Å². The highest BCUT2D eigenvalue weighted by Gasteiger charge is 2.15. The van der Waals surface area contributed by atoms with Crippen LogP contribution in [0.4, 0.5) is 11.5 Å². The molecule has 3 N–H and O–H groups in total. The van der Waals surface area contributed by atoms with Crippen molar-refractivity contribution in [1.29, 1.82) is 0 Å². The number of nitrogens with one attached hydrogen (secondary N) is 1. The lowest BCUT2D eigenvalue weighted by Gasteiger charge is -2.12. The van der Waals surface area contributed by atoms with E-state index >= 15 is 0 Å². The van der Waals surface area contributed by atoms with Gasteiger partial charge in [0.25, 0.3) is 5.91 Å². The summed E-state index contributed by atoms with van der Waals surface area (Å²) in [6, 6.07) is 4.07. The van der Waals surface area contributed by atoms with Crippen LogP contribution in [0.1, 0.15) is 27.0 Å². The van der Waals surface area contributed by atoms with Crippen LogP contribution >= 0.6 is 0 Å². The maximum absolute atomic E-state index is 12.2. The van der Waals surface area contributed by atoms with Crippen LogP contribution in [-0.4, -0.2) is 15.7 Å². The smallest absolute Gasteiger partial charge is 0.261 e. The maximum Gasteiger partial charge on any atom is 0.261 e. The molecule has 1 amide bonds. The number of hydrogen-bond donors (Lipinski definition) is 2. The summed E-state index contributed by atoms with van der Waals surface area (Å²) in [6.45, 7) is 5.98. The molecule has 1 aromatic heterocycles. The van der Waals surface area contributed by atoms with Crippen LogP contribution in [0.15, 0.2) is 18.3 Å². The first-order chi connectivity index (χ1) is 8.90. The normalized spacial score (nSPS) is 10.5. The molecule has 0 radical (unpaired) electrons. The van der Waals surface area contributed by atoms with Crippen molar-refractivity contribution in [2.24, 2.45) is 7.05 Å². The molecular weight excluding hydrogens is 240 g/mol. The number of rotatable bonds is 2. The summed E-state index contributed by atoms with van der Waals surface area (Å²) in [4.78, 5) is 12.2. The lowest BCUT2D eigenvalue weighted by atomic mass is 10.0. The Balaban J connectivity index is 2.32. The zero-order chi connectivity index (χ0) is 14.2. The molecule has 0 aliphatic rings. The molecule has 1 heterocycles. The lowest BCUT2D eigenvalue weighted by Crippen LogP contribution is -2.15. The zero-order valence-electron chi connectivity index (χ0n) is 11.6. The van der Waals surface area contributed by atoms with E-state index in [-0.39, 0.29) is 5.91 Å². The summed E-state index contributed by atoms with van der Waals surface area (Å²) in [5.41, 5.74) is 10.3. The number of nitrogen functional groups attached to an aromatic ring is 1. The monoisotopic (exact) mass is 258 g/mol. The third-order valence-electron chi connectivity index (χ3n) is 3.14. The quantitative estimate of drug-likeness (QED) is 0.867. The van der Waals surface area contributed by atoms with Crippen LogP contribution < -0.4 is 11.1 Å². The number of nitrogens with two attached hydrogens (primary N) is 1. The standard InChI is InChI=1S/C14H18N4O/c1-8-5-9(2)12(10(3)6-8)17-14(19)11-7-16-18(4)13(11)15/h5-7H,15H2,1-4H3,(H,17,19). The fourth-order valence-corrected chi connectivity index (χ4v) is 2.18. The van der Waals surface area contributed by atoms with Crippen LogP contribution in [0.25, 0.3) is 0 Å². The Labute approximate surface area is 112 Å². The second kappa shape index (κ2) is 4.76. The molecule has 0 saturated heterocycles. The average molecular weight is 258 g/mol. The topological polar surface area (TPSA) is 72.9 Å². The number of aromatic nitrogens is 2. The first kappa shape index (κ1) is 13.1. The van der Waals surface area contributed by atoms with Gasteiger partial charge in [0.2, 0.25) is 0 Å². The van der Waals surface area contributed by atoms with Crippen molar-refractivity contribution in [3.05, 3.63) is 40.6 Å².